The molecule has 1 saturated heterocycles. The number of ketones is 1. The van der Waals surface area contributed by atoms with Crippen LogP contribution in [0.4, 0.5) is 0 Å². The molecule has 0 spiro atoms. The highest BCUT2D eigenvalue weighted by molar-refractivity contribution is 6.38. The maximum Gasteiger partial charge on any atom is 0.161 e. The number of likely N-dealkylation sites (tertiary alicyclic amines) is 1. The van der Waals surface area contributed by atoms with Crippen LogP contribution < -0.4 is 9.47 Å². The first kappa shape index (κ1) is 19.7. The maximum atomic E-state index is 12.5. The van der Waals surface area contributed by atoms with Crippen LogP contribution in [0.5, 0.6) is 11.5 Å². The van der Waals surface area contributed by atoms with Gasteiger partial charge in [-0.2, -0.15) is 0 Å². The number of piperidine rings is 1. The van der Waals surface area contributed by atoms with Crippen LogP contribution in [-0.4, -0.2) is 38.0 Å². The zero-order valence-corrected chi connectivity index (χ0v) is 16.8. The van der Waals surface area contributed by atoms with Crippen LogP contribution in [0.3, 0.4) is 0 Å². The fourth-order valence-corrected chi connectivity index (χ4v) is 3.93. The highest BCUT2D eigenvalue weighted by atomic mass is 35.5. The van der Waals surface area contributed by atoms with E-state index < -0.39 is 0 Å². The number of hydrogen-bond donors (Lipinski definition) is 0. The molecule has 2 aromatic rings. The summed E-state index contributed by atoms with van der Waals surface area (Å²) in [5.41, 5.74) is 2.60. The van der Waals surface area contributed by atoms with E-state index in [1.165, 1.54) is 19.8 Å². The number of rotatable bonds is 5. The summed E-state index contributed by atoms with van der Waals surface area (Å²) >= 11 is 12.6. The third-order valence-corrected chi connectivity index (χ3v) is 5.18. The molecule has 0 unspecified atom stereocenters. The van der Waals surface area contributed by atoms with Crippen molar-refractivity contribution in [3.63, 3.8) is 0 Å². The predicted octanol–water partition coefficient (Wildman–Crippen LogP) is 4.87. The lowest BCUT2D eigenvalue weighted by Gasteiger charge is -2.28. The first-order valence-electron chi connectivity index (χ1n) is 8.63. The van der Waals surface area contributed by atoms with Crippen LogP contribution in [0.2, 0.25) is 10.0 Å². The Bertz CT molecular complexity index is 865. The Morgan fingerprint density at radius 2 is 1.81 bits per heavy atom. The number of Topliss-reactive ketones (excluding diaryl/α,β-unsaturated/α-hetero) is 1. The molecule has 3 rings (SSSR count). The van der Waals surface area contributed by atoms with Gasteiger partial charge in [0, 0.05) is 37.2 Å². The summed E-state index contributed by atoms with van der Waals surface area (Å²) in [5, 5.41) is 0.670. The molecule has 142 valence electrons. The summed E-state index contributed by atoms with van der Waals surface area (Å²) in [6.45, 7) is 2.11. The molecule has 0 saturated carbocycles. The lowest BCUT2D eigenvalue weighted by atomic mass is 9.99. The zero-order valence-electron chi connectivity index (χ0n) is 15.3. The molecule has 6 heteroatoms. The summed E-state index contributed by atoms with van der Waals surface area (Å²) in [4.78, 5) is 14.7. The molecule has 0 aliphatic carbocycles. The molecule has 2 aromatic carbocycles. The van der Waals surface area contributed by atoms with Gasteiger partial charge in [-0.25, -0.2) is 0 Å². The minimum Gasteiger partial charge on any atom is -0.494 e. The molecule has 27 heavy (non-hydrogen) atoms. The van der Waals surface area contributed by atoms with Crippen LogP contribution in [0, 0.1) is 0 Å². The topological polar surface area (TPSA) is 38.8 Å². The van der Waals surface area contributed by atoms with E-state index in [0.717, 1.165) is 13.1 Å². The first-order valence-corrected chi connectivity index (χ1v) is 9.39. The molecular formula is C21H21Cl2NO3. The van der Waals surface area contributed by atoms with Crippen molar-refractivity contribution in [2.75, 3.05) is 27.3 Å². The second-order valence-corrected chi connectivity index (χ2v) is 7.15. The van der Waals surface area contributed by atoms with E-state index in [2.05, 4.69) is 17.0 Å². The fraction of sp³-hybridized carbons (Fsp3) is 0.286. The Kier molecular flexibility index (Phi) is 6.42. The summed E-state index contributed by atoms with van der Waals surface area (Å²) in [7, 11) is 3.03. The maximum absolute atomic E-state index is 12.5. The van der Waals surface area contributed by atoms with E-state index in [9.17, 15) is 4.79 Å². The lowest BCUT2D eigenvalue weighted by Crippen LogP contribution is -2.35. The highest BCUT2D eigenvalue weighted by Gasteiger charge is 2.23. The van der Waals surface area contributed by atoms with E-state index in [1.54, 1.807) is 6.07 Å². The van der Waals surface area contributed by atoms with Crippen LogP contribution in [0.25, 0.3) is 6.08 Å². The third-order valence-electron chi connectivity index (χ3n) is 4.55. The van der Waals surface area contributed by atoms with Crippen molar-refractivity contribution in [3.8, 4) is 11.5 Å². The Balaban J connectivity index is 1.89. The van der Waals surface area contributed by atoms with Gasteiger partial charge in [0.05, 0.1) is 19.2 Å². The van der Waals surface area contributed by atoms with Crippen molar-refractivity contribution in [3.05, 3.63) is 63.1 Å². The van der Waals surface area contributed by atoms with Crippen molar-refractivity contribution < 1.29 is 14.3 Å². The largest absolute Gasteiger partial charge is 0.494 e. The van der Waals surface area contributed by atoms with Gasteiger partial charge in [-0.1, -0.05) is 53.5 Å². The number of carbonyl (C=O) groups excluding carboxylic acids is 1. The lowest BCUT2D eigenvalue weighted by molar-refractivity contribution is -0.117. The van der Waals surface area contributed by atoms with Gasteiger partial charge in [-0.05, 0) is 17.7 Å². The van der Waals surface area contributed by atoms with Gasteiger partial charge in [0.1, 0.15) is 10.8 Å². The average molecular weight is 406 g/mol. The van der Waals surface area contributed by atoms with E-state index >= 15 is 0 Å². The van der Waals surface area contributed by atoms with Crippen molar-refractivity contribution in [1.82, 2.24) is 4.90 Å². The van der Waals surface area contributed by atoms with E-state index in [1.807, 2.05) is 24.3 Å². The number of carbonyl (C=O) groups is 1. The number of hydrogen-bond acceptors (Lipinski definition) is 4. The average Bonchev–Trinajstić information content (AvgIpc) is 2.66. The molecule has 0 aromatic heterocycles. The van der Waals surface area contributed by atoms with Crippen LogP contribution >= 0.6 is 23.2 Å². The van der Waals surface area contributed by atoms with Crippen molar-refractivity contribution >= 4 is 35.1 Å². The number of benzene rings is 2. The van der Waals surface area contributed by atoms with Crippen molar-refractivity contribution in [1.29, 1.82) is 0 Å². The molecular weight excluding hydrogens is 385 g/mol. The van der Waals surface area contributed by atoms with Gasteiger partial charge >= 0.3 is 0 Å². The summed E-state index contributed by atoms with van der Waals surface area (Å²) < 4.78 is 10.7. The smallest absolute Gasteiger partial charge is 0.161 e. The summed E-state index contributed by atoms with van der Waals surface area (Å²) in [6, 6.07) is 11.9. The molecule has 0 N–H and O–H groups in total. The molecule has 0 amide bonds. The Morgan fingerprint density at radius 1 is 1.11 bits per heavy atom. The second kappa shape index (κ2) is 8.79. The quantitative estimate of drug-likeness (QED) is 0.665. The Labute approximate surface area is 169 Å². The summed E-state index contributed by atoms with van der Waals surface area (Å²) in [5.74, 6) is 0.931. The molecule has 4 nitrogen and oxygen atoms in total. The molecule has 1 heterocycles. The van der Waals surface area contributed by atoms with E-state index in [0.29, 0.717) is 45.6 Å². The Hall–Kier alpha value is -2.01. The zero-order chi connectivity index (χ0) is 19.4. The molecule has 1 aliphatic heterocycles. The standard InChI is InChI=1S/C21H21Cl2NO3/c1-26-20-15(11-17(22)21(27-2)19(20)23)10-16-13-24(9-8-18(16)25)12-14-6-4-3-5-7-14/h3-7,10-11H,8-9,12-13H2,1-2H3/b16-10+. The fourth-order valence-electron chi connectivity index (χ4n) is 3.22. The SMILES string of the molecule is COc1c(Cl)cc(/C=C2\CN(Cc3ccccc3)CCC2=O)c(OC)c1Cl. The van der Waals surface area contributed by atoms with Gasteiger partial charge in [0.25, 0.3) is 0 Å². The molecule has 1 aliphatic rings. The number of ether oxygens (including phenoxy) is 2. The minimum atomic E-state index is 0.129. The van der Waals surface area contributed by atoms with Crippen LogP contribution in [-0.2, 0) is 11.3 Å². The van der Waals surface area contributed by atoms with Gasteiger partial charge in [0.2, 0.25) is 0 Å². The molecule has 0 bridgehead atoms. The summed E-state index contributed by atoms with van der Waals surface area (Å²) in [6.07, 6.45) is 2.30. The van der Waals surface area contributed by atoms with Gasteiger partial charge < -0.3 is 9.47 Å². The number of nitrogens with zero attached hydrogens (tertiary/aromatic N) is 1. The second-order valence-electron chi connectivity index (χ2n) is 6.37. The highest BCUT2D eigenvalue weighted by Crippen LogP contribution is 2.43. The van der Waals surface area contributed by atoms with Gasteiger partial charge in [0.15, 0.2) is 11.5 Å². The van der Waals surface area contributed by atoms with Crippen LogP contribution in [0.15, 0.2) is 42.0 Å². The molecule has 1 fully saturated rings. The van der Waals surface area contributed by atoms with Crippen molar-refractivity contribution in [2.24, 2.45) is 0 Å². The van der Waals surface area contributed by atoms with Crippen LogP contribution in [0.1, 0.15) is 17.5 Å². The van der Waals surface area contributed by atoms with Gasteiger partial charge in [-0.15, -0.1) is 0 Å². The normalized spacial score (nSPS) is 16.6. The number of methoxy groups -OCH3 is 2. The monoisotopic (exact) mass is 405 g/mol. The third kappa shape index (κ3) is 4.46. The van der Waals surface area contributed by atoms with Gasteiger partial charge in [-0.3, -0.25) is 9.69 Å². The minimum absolute atomic E-state index is 0.129. The van der Waals surface area contributed by atoms with E-state index in [4.69, 9.17) is 32.7 Å². The van der Waals surface area contributed by atoms with E-state index in [-0.39, 0.29) is 5.78 Å². The Morgan fingerprint density at radius 3 is 2.48 bits per heavy atom. The predicted molar refractivity (Wildman–Crippen MR) is 109 cm³/mol. The molecule has 0 atom stereocenters. The molecule has 0 radical (unpaired) electrons. The first-order chi connectivity index (χ1) is 13.0. The number of halogens is 2. The van der Waals surface area contributed by atoms with Crippen molar-refractivity contribution in [2.45, 2.75) is 13.0 Å².